The van der Waals surface area contributed by atoms with Crippen LogP contribution in [0.25, 0.3) is 0 Å². The Morgan fingerprint density at radius 2 is 1.92 bits per heavy atom. The Bertz CT molecular complexity index is 875. The van der Waals surface area contributed by atoms with E-state index < -0.39 is 15.1 Å². The summed E-state index contributed by atoms with van der Waals surface area (Å²) in [6, 6.07) is 8.20. The summed E-state index contributed by atoms with van der Waals surface area (Å²) in [6.07, 6.45) is 0. The highest BCUT2D eigenvalue weighted by atomic mass is 32.2. The van der Waals surface area contributed by atoms with Crippen molar-refractivity contribution in [3.63, 3.8) is 0 Å². The van der Waals surface area contributed by atoms with Gasteiger partial charge in [0.1, 0.15) is 18.5 Å². The van der Waals surface area contributed by atoms with Crippen LogP contribution in [-0.2, 0) is 14.6 Å². The molecule has 2 aromatic rings. The van der Waals surface area contributed by atoms with Crippen LogP contribution in [0.4, 0.5) is 0 Å². The summed E-state index contributed by atoms with van der Waals surface area (Å²) < 4.78 is 37.5. The van der Waals surface area contributed by atoms with Gasteiger partial charge in [0.25, 0.3) is 0 Å². The molecular weight excluding hydrogens is 374 g/mol. The molecule has 0 saturated heterocycles. The van der Waals surface area contributed by atoms with E-state index in [0.717, 1.165) is 0 Å². The Morgan fingerprint density at radius 1 is 1.19 bits per heavy atom. The zero-order valence-corrected chi connectivity index (χ0v) is 16.2. The van der Waals surface area contributed by atoms with Gasteiger partial charge in [-0.05, 0) is 23.6 Å². The van der Waals surface area contributed by atoms with Crippen molar-refractivity contribution < 1.29 is 22.7 Å². The lowest BCUT2D eigenvalue weighted by Crippen LogP contribution is -2.34. The number of rotatable bonds is 6. The van der Waals surface area contributed by atoms with Crippen LogP contribution in [0, 0.1) is 5.92 Å². The quantitative estimate of drug-likeness (QED) is 0.813. The molecule has 3 rings (SSSR count). The molecule has 1 aromatic carbocycles. The minimum atomic E-state index is -3.72. The first-order chi connectivity index (χ1) is 12.4. The maximum atomic E-state index is 13.3. The topological polar surface area (TPSA) is 81.7 Å². The lowest BCUT2D eigenvalue weighted by atomic mass is 10.2. The number of thiophene rings is 1. The average molecular weight is 396 g/mol. The molecule has 0 aliphatic carbocycles. The van der Waals surface area contributed by atoms with Crippen LogP contribution in [0.3, 0.4) is 0 Å². The molecule has 0 unspecified atom stereocenters. The number of fused-ring (bicyclic) bond motifs is 1. The third-order valence-electron chi connectivity index (χ3n) is 4.06. The second-order valence-electron chi connectivity index (χ2n) is 6.25. The van der Waals surface area contributed by atoms with Crippen molar-refractivity contribution in [2.75, 3.05) is 19.8 Å². The molecule has 6 nitrogen and oxygen atoms in total. The van der Waals surface area contributed by atoms with Gasteiger partial charge in [-0.15, -0.1) is 11.3 Å². The van der Waals surface area contributed by atoms with Crippen LogP contribution < -0.4 is 14.8 Å². The fourth-order valence-corrected chi connectivity index (χ4v) is 5.40. The third kappa shape index (κ3) is 3.86. The van der Waals surface area contributed by atoms with Crippen molar-refractivity contribution in [3.05, 3.63) is 40.6 Å². The first kappa shape index (κ1) is 18.7. The van der Waals surface area contributed by atoms with Gasteiger partial charge in [-0.1, -0.05) is 19.9 Å². The van der Waals surface area contributed by atoms with Crippen molar-refractivity contribution >= 4 is 27.1 Å². The molecule has 0 fully saturated rings. The molecule has 1 N–H and O–H groups in total. The van der Waals surface area contributed by atoms with Crippen LogP contribution in [0.15, 0.2) is 40.6 Å². The molecule has 140 valence electrons. The molecule has 8 heteroatoms. The van der Waals surface area contributed by atoms with Crippen LogP contribution >= 0.6 is 11.3 Å². The van der Waals surface area contributed by atoms with E-state index in [1.54, 1.807) is 32.0 Å². The number of nitrogens with one attached hydrogen (secondary N) is 1. The Balaban J connectivity index is 1.93. The van der Waals surface area contributed by atoms with Gasteiger partial charge in [0, 0.05) is 23.4 Å². The van der Waals surface area contributed by atoms with Crippen molar-refractivity contribution in [2.24, 2.45) is 5.92 Å². The summed E-state index contributed by atoms with van der Waals surface area (Å²) >= 11 is 1.36. The SMILES string of the molecule is CC(C)C(=O)NC[C@H](c1cccs1)S(=O)(=O)c1ccc2c(c1)OCCO2. The standard InChI is InChI=1S/C18H21NO5S2/c1-12(2)18(20)19-11-17(16-4-3-9-25-16)26(21,22)13-5-6-14-15(10-13)24-8-7-23-14/h3-6,9-10,12,17H,7-8,11H2,1-2H3,(H,19,20)/t17-/m1/s1. The maximum Gasteiger partial charge on any atom is 0.222 e. The van der Waals surface area contributed by atoms with Gasteiger partial charge in [-0.3, -0.25) is 4.79 Å². The van der Waals surface area contributed by atoms with Crippen LogP contribution in [-0.4, -0.2) is 34.1 Å². The predicted molar refractivity (Wildman–Crippen MR) is 99.5 cm³/mol. The number of hydrogen-bond acceptors (Lipinski definition) is 6. The van der Waals surface area contributed by atoms with Gasteiger partial charge >= 0.3 is 0 Å². The summed E-state index contributed by atoms with van der Waals surface area (Å²) in [6.45, 7) is 4.39. The highest BCUT2D eigenvalue weighted by molar-refractivity contribution is 7.91. The van der Waals surface area contributed by atoms with Gasteiger partial charge in [-0.2, -0.15) is 0 Å². The fraction of sp³-hybridized carbons (Fsp3) is 0.389. The number of hydrogen-bond donors (Lipinski definition) is 1. The summed E-state index contributed by atoms with van der Waals surface area (Å²) in [5.41, 5.74) is 0. The largest absolute Gasteiger partial charge is 0.486 e. The van der Waals surface area contributed by atoms with Crippen molar-refractivity contribution in [2.45, 2.75) is 24.0 Å². The lowest BCUT2D eigenvalue weighted by Gasteiger charge is -2.21. The summed E-state index contributed by atoms with van der Waals surface area (Å²) in [5.74, 6) is 0.573. The van der Waals surface area contributed by atoms with Gasteiger partial charge < -0.3 is 14.8 Å². The second kappa shape index (κ2) is 7.67. The molecule has 0 saturated carbocycles. The monoisotopic (exact) mass is 395 g/mol. The number of carbonyl (C=O) groups excluding carboxylic acids is 1. The Hall–Kier alpha value is -2.06. The third-order valence-corrected chi connectivity index (χ3v) is 7.28. The Morgan fingerprint density at radius 3 is 2.58 bits per heavy atom. The predicted octanol–water partition coefficient (Wildman–Crippen LogP) is 2.81. The number of amides is 1. The van der Waals surface area contributed by atoms with E-state index in [1.165, 1.54) is 23.5 Å². The van der Waals surface area contributed by atoms with Crippen molar-refractivity contribution in [1.82, 2.24) is 5.32 Å². The molecule has 1 amide bonds. The normalized spacial score (nSPS) is 14.9. The van der Waals surface area contributed by atoms with E-state index in [1.807, 2.05) is 5.38 Å². The van der Waals surface area contributed by atoms with Crippen LogP contribution in [0.2, 0.25) is 0 Å². The second-order valence-corrected chi connectivity index (χ2v) is 9.36. The molecule has 0 spiro atoms. The zero-order valence-electron chi connectivity index (χ0n) is 14.6. The first-order valence-corrected chi connectivity index (χ1v) is 10.8. The van der Waals surface area contributed by atoms with Gasteiger partial charge in [0.2, 0.25) is 5.91 Å². The smallest absolute Gasteiger partial charge is 0.222 e. The molecule has 1 aromatic heterocycles. The van der Waals surface area contributed by atoms with Crippen LogP contribution in [0.1, 0.15) is 24.0 Å². The number of sulfone groups is 1. The molecule has 2 heterocycles. The lowest BCUT2D eigenvalue weighted by molar-refractivity contribution is -0.123. The van der Waals surface area contributed by atoms with Crippen molar-refractivity contribution in [1.29, 1.82) is 0 Å². The van der Waals surface area contributed by atoms with Gasteiger partial charge in [-0.25, -0.2) is 8.42 Å². The highest BCUT2D eigenvalue weighted by Crippen LogP contribution is 2.37. The first-order valence-electron chi connectivity index (χ1n) is 8.34. The van der Waals surface area contributed by atoms with E-state index in [4.69, 9.17) is 9.47 Å². The van der Waals surface area contributed by atoms with Crippen LogP contribution in [0.5, 0.6) is 11.5 Å². The molecule has 1 aliphatic heterocycles. The fourth-order valence-electron chi connectivity index (χ4n) is 2.60. The Kier molecular flexibility index (Phi) is 5.52. The van der Waals surface area contributed by atoms with E-state index >= 15 is 0 Å². The molecule has 0 bridgehead atoms. The Labute approximate surface area is 157 Å². The number of ether oxygens (including phenoxy) is 2. The summed E-state index contributed by atoms with van der Waals surface area (Å²) in [7, 11) is -3.72. The van der Waals surface area contributed by atoms with Crippen molar-refractivity contribution in [3.8, 4) is 11.5 Å². The minimum absolute atomic E-state index is 0.0221. The molecule has 26 heavy (non-hydrogen) atoms. The number of carbonyl (C=O) groups is 1. The zero-order chi connectivity index (χ0) is 18.7. The summed E-state index contributed by atoms with van der Waals surface area (Å²) in [5, 5.41) is 3.71. The van der Waals surface area contributed by atoms with Gasteiger partial charge in [0.05, 0.1) is 4.90 Å². The minimum Gasteiger partial charge on any atom is -0.486 e. The van der Waals surface area contributed by atoms with E-state index in [9.17, 15) is 13.2 Å². The summed E-state index contributed by atoms with van der Waals surface area (Å²) in [4.78, 5) is 12.8. The van der Waals surface area contributed by atoms with E-state index in [-0.39, 0.29) is 23.3 Å². The number of benzene rings is 1. The van der Waals surface area contributed by atoms with E-state index in [2.05, 4.69) is 5.32 Å². The molecule has 1 aliphatic rings. The highest BCUT2D eigenvalue weighted by Gasteiger charge is 2.31. The van der Waals surface area contributed by atoms with E-state index in [0.29, 0.717) is 29.6 Å². The molecule has 0 radical (unpaired) electrons. The maximum absolute atomic E-state index is 13.3. The average Bonchev–Trinajstić information content (AvgIpc) is 3.15. The molecular formula is C18H21NO5S2. The molecule has 1 atom stereocenters. The van der Waals surface area contributed by atoms with Gasteiger partial charge in [0.15, 0.2) is 21.3 Å².